The minimum Gasteiger partial charge on any atom is -0.466 e. The third-order valence-electron chi connectivity index (χ3n) is 2.93. The van der Waals surface area contributed by atoms with E-state index in [2.05, 4.69) is 0 Å². The van der Waals surface area contributed by atoms with Gasteiger partial charge in [0.25, 0.3) is 0 Å². The largest absolute Gasteiger partial charge is 0.466 e. The highest BCUT2D eigenvalue weighted by molar-refractivity contribution is 5.85. The Morgan fingerprint density at radius 2 is 1.81 bits per heavy atom. The number of carbonyl (C=O) groups excluding carboxylic acids is 2. The molecule has 0 aromatic heterocycles. The summed E-state index contributed by atoms with van der Waals surface area (Å²) in [7, 11) is 0. The van der Waals surface area contributed by atoms with Gasteiger partial charge in [0, 0.05) is 12.3 Å². The fraction of sp³-hybridized carbons (Fsp3) is 0.846. The van der Waals surface area contributed by atoms with E-state index in [0.29, 0.717) is 13.0 Å². The van der Waals surface area contributed by atoms with Crippen LogP contribution < -0.4 is 0 Å². The maximum Gasteiger partial charge on any atom is 0.306 e. The topological polar surface area (TPSA) is 43.4 Å². The second-order valence-corrected chi connectivity index (χ2v) is 4.22. The summed E-state index contributed by atoms with van der Waals surface area (Å²) in [6.45, 7) is 8.22. The second-order valence-electron chi connectivity index (χ2n) is 4.22. The molecule has 0 spiro atoms. The molecule has 0 aliphatic carbocycles. The van der Waals surface area contributed by atoms with Crippen LogP contribution in [0.1, 0.15) is 53.4 Å². The van der Waals surface area contributed by atoms with Crippen molar-refractivity contribution in [3.8, 4) is 0 Å². The van der Waals surface area contributed by atoms with Crippen LogP contribution in [0.3, 0.4) is 0 Å². The maximum absolute atomic E-state index is 11.9. The van der Waals surface area contributed by atoms with E-state index < -0.39 is 0 Å². The van der Waals surface area contributed by atoms with Gasteiger partial charge in [-0.2, -0.15) is 0 Å². The number of carbonyl (C=O) groups is 2. The van der Waals surface area contributed by atoms with Crippen molar-refractivity contribution in [2.45, 2.75) is 53.4 Å². The van der Waals surface area contributed by atoms with Crippen LogP contribution in [0.15, 0.2) is 0 Å². The zero-order valence-electron chi connectivity index (χ0n) is 10.9. The lowest BCUT2D eigenvalue weighted by molar-refractivity contribution is -0.147. The van der Waals surface area contributed by atoms with Crippen molar-refractivity contribution in [3.63, 3.8) is 0 Å². The van der Waals surface area contributed by atoms with E-state index in [-0.39, 0.29) is 30.0 Å². The van der Waals surface area contributed by atoms with E-state index >= 15 is 0 Å². The lowest BCUT2D eigenvalue weighted by atomic mass is 9.84. The summed E-state index contributed by atoms with van der Waals surface area (Å²) >= 11 is 0. The maximum atomic E-state index is 11.9. The molecule has 16 heavy (non-hydrogen) atoms. The van der Waals surface area contributed by atoms with E-state index in [4.69, 9.17) is 4.74 Å². The van der Waals surface area contributed by atoms with Gasteiger partial charge in [0.15, 0.2) is 0 Å². The Hall–Kier alpha value is -0.860. The van der Waals surface area contributed by atoms with Crippen LogP contribution in [0.5, 0.6) is 0 Å². The fourth-order valence-electron chi connectivity index (χ4n) is 1.75. The summed E-state index contributed by atoms with van der Waals surface area (Å²) in [6, 6.07) is 0. The van der Waals surface area contributed by atoms with Crippen molar-refractivity contribution < 1.29 is 14.3 Å². The smallest absolute Gasteiger partial charge is 0.306 e. The van der Waals surface area contributed by atoms with Crippen molar-refractivity contribution in [2.75, 3.05) is 6.61 Å². The zero-order chi connectivity index (χ0) is 12.6. The van der Waals surface area contributed by atoms with Gasteiger partial charge in [-0.05, 0) is 19.3 Å². The standard InChI is InChI=1S/C13H24O3/c1-5-8-12(14)11(10(4)6-2)9-13(15)16-7-3/h10-11H,5-9H2,1-4H3. The van der Waals surface area contributed by atoms with Gasteiger partial charge in [-0.3, -0.25) is 9.59 Å². The highest BCUT2D eigenvalue weighted by Gasteiger charge is 2.26. The first-order valence-corrected chi connectivity index (χ1v) is 6.25. The first-order chi connectivity index (χ1) is 7.56. The second kappa shape index (κ2) is 8.31. The Bertz CT molecular complexity index is 223. The van der Waals surface area contributed by atoms with E-state index in [1.807, 2.05) is 20.8 Å². The van der Waals surface area contributed by atoms with Crippen molar-refractivity contribution in [1.82, 2.24) is 0 Å². The first kappa shape index (κ1) is 15.1. The molecule has 0 bridgehead atoms. The molecule has 0 heterocycles. The molecular formula is C13H24O3. The normalized spacial score (nSPS) is 14.2. The van der Waals surface area contributed by atoms with Gasteiger partial charge in [0.1, 0.15) is 5.78 Å². The van der Waals surface area contributed by atoms with Gasteiger partial charge in [-0.15, -0.1) is 0 Å². The van der Waals surface area contributed by atoms with Crippen LogP contribution >= 0.6 is 0 Å². The Labute approximate surface area is 98.6 Å². The molecule has 0 fully saturated rings. The van der Waals surface area contributed by atoms with Crippen LogP contribution in [-0.2, 0) is 14.3 Å². The van der Waals surface area contributed by atoms with Gasteiger partial charge in [-0.25, -0.2) is 0 Å². The Balaban J connectivity index is 4.42. The highest BCUT2D eigenvalue weighted by Crippen LogP contribution is 2.22. The van der Waals surface area contributed by atoms with E-state index in [9.17, 15) is 9.59 Å². The predicted molar refractivity (Wildman–Crippen MR) is 64.1 cm³/mol. The lowest BCUT2D eigenvalue weighted by Gasteiger charge is -2.20. The molecule has 94 valence electrons. The lowest BCUT2D eigenvalue weighted by Crippen LogP contribution is -2.25. The molecule has 0 aromatic rings. The molecule has 0 radical (unpaired) electrons. The van der Waals surface area contributed by atoms with Gasteiger partial charge >= 0.3 is 5.97 Å². The fourth-order valence-corrected chi connectivity index (χ4v) is 1.75. The molecule has 2 atom stereocenters. The van der Waals surface area contributed by atoms with Gasteiger partial charge in [0.2, 0.25) is 0 Å². The van der Waals surface area contributed by atoms with Crippen LogP contribution in [0.4, 0.5) is 0 Å². The number of ether oxygens (including phenoxy) is 1. The molecular weight excluding hydrogens is 204 g/mol. The summed E-state index contributed by atoms with van der Waals surface area (Å²) < 4.78 is 4.90. The molecule has 0 saturated carbocycles. The molecule has 0 aliphatic heterocycles. The number of hydrogen-bond donors (Lipinski definition) is 0. The Morgan fingerprint density at radius 1 is 1.19 bits per heavy atom. The molecule has 3 heteroatoms. The van der Waals surface area contributed by atoms with Gasteiger partial charge < -0.3 is 4.74 Å². The molecule has 2 unspecified atom stereocenters. The summed E-state index contributed by atoms with van der Waals surface area (Å²) in [4.78, 5) is 23.3. The monoisotopic (exact) mass is 228 g/mol. The summed E-state index contributed by atoms with van der Waals surface area (Å²) in [6.07, 6.45) is 2.56. The molecule has 0 saturated heterocycles. The molecule has 0 rings (SSSR count). The van der Waals surface area contributed by atoms with E-state index in [0.717, 1.165) is 12.8 Å². The highest BCUT2D eigenvalue weighted by atomic mass is 16.5. The quantitative estimate of drug-likeness (QED) is 0.600. The minimum absolute atomic E-state index is 0.163. The van der Waals surface area contributed by atoms with Crippen molar-refractivity contribution in [1.29, 1.82) is 0 Å². The molecule has 0 N–H and O–H groups in total. The van der Waals surface area contributed by atoms with Crippen LogP contribution in [0.2, 0.25) is 0 Å². The molecule has 0 amide bonds. The van der Waals surface area contributed by atoms with Gasteiger partial charge in [0.05, 0.1) is 13.0 Å². The Morgan fingerprint density at radius 3 is 2.25 bits per heavy atom. The first-order valence-electron chi connectivity index (χ1n) is 6.25. The van der Waals surface area contributed by atoms with Gasteiger partial charge in [-0.1, -0.05) is 27.2 Å². The Kier molecular flexibility index (Phi) is 7.86. The number of esters is 1. The average Bonchev–Trinajstić information content (AvgIpc) is 2.25. The molecule has 0 aromatic carbocycles. The number of Topliss-reactive ketones (excluding diaryl/α,β-unsaturated/α-hetero) is 1. The third kappa shape index (κ3) is 5.29. The SMILES string of the molecule is CCCC(=O)C(CC(=O)OCC)C(C)CC. The van der Waals surface area contributed by atoms with E-state index in [1.54, 1.807) is 6.92 Å². The summed E-state index contributed by atoms with van der Waals surface area (Å²) in [5.74, 6) is 0.0367. The molecule has 0 aliphatic rings. The number of hydrogen-bond acceptors (Lipinski definition) is 3. The predicted octanol–water partition coefficient (Wildman–Crippen LogP) is 2.97. The van der Waals surface area contributed by atoms with E-state index in [1.165, 1.54) is 0 Å². The van der Waals surface area contributed by atoms with Crippen LogP contribution in [0.25, 0.3) is 0 Å². The van der Waals surface area contributed by atoms with Crippen LogP contribution in [-0.4, -0.2) is 18.4 Å². The average molecular weight is 228 g/mol. The summed E-state index contributed by atoms with van der Waals surface area (Å²) in [5, 5.41) is 0. The number of ketones is 1. The van der Waals surface area contributed by atoms with Crippen molar-refractivity contribution in [3.05, 3.63) is 0 Å². The third-order valence-corrected chi connectivity index (χ3v) is 2.93. The van der Waals surface area contributed by atoms with Crippen molar-refractivity contribution in [2.24, 2.45) is 11.8 Å². The van der Waals surface area contributed by atoms with Crippen LogP contribution in [0, 0.1) is 11.8 Å². The summed E-state index contributed by atoms with van der Waals surface area (Å²) in [5.41, 5.74) is 0. The zero-order valence-corrected chi connectivity index (χ0v) is 10.9. The molecule has 3 nitrogen and oxygen atoms in total. The van der Waals surface area contributed by atoms with Crippen molar-refractivity contribution >= 4 is 11.8 Å². The minimum atomic E-state index is -0.253. The number of rotatable bonds is 8.